The highest BCUT2D eigenvalue weighted by Gasteiger charge is 2.10. The summed E-state index contributed by atoms with van der Waals surface area (Å²) in [4.78, 5) is 11.1. The molecule has 0 saturated carbocycles. The molecule has 0 spiro atoms. The van der Waals surface area contributed by atoms with Gasteiger partial charge in [0, 0.05) is 10.6 Å². The number of ether oxygens (including phenoxy) is 1. The first-order chi connectivity index (χ1) is 8.97. The van der Waals surface area contributed by atoms with Crippen LogP contribution in [0.1, 0.15) is 22.8 Å². The number of carbonyl (C=O) groups is 1. The average Bonchev–Trinajstić information content (AvgIpc) is 2.36. The van der Waals surface area contributed by atoms with Gasteiger partial charge in [0.15, 0.2) is 17.3 Å². The van der Waals surface area contributed by atoms with E-state index in [2.05, 4.69) is 0 Å². The Morgan fingerprint density at radius 3 is 2.53 bits per heavy atom. The summed E-state index contributed by atoms with van der Waals surface area (Å²) >= 11 is 5.87. The molecule has 0 atom stereocenters. The second-order valence-corrected chi connectivity index (χ2v) is 4.65. The van der Waals surface area contributed by atoms with Crippen molar-refractivity contribution in [3.05, 3.63) is 58.4 Å². The quantitative estimate of drug-likeness (QED) is 0.755. The van der Waals surface area contributed by atoms with Crippen LogP contribution in [0, 0.1) is 12.7 Å². The molecule has 2 nitrogen and oxygen atoms in total. The lowest BCUT2D eigenvalue weighted by Crippen LogP contribution is -1.96. The monoisotopic (exact) mass is 278 g/mol. The van der Waals surface area contributed by atoms with E-state index in [1.54, 1.807) is 18.2 Å². The van der Waals surface area contributed by atoms with Crippen LogP contribution in [0.5, 0.6) is 11.5 Å². The number of carbonyl (C=O) groups excluding carboxylic acids is 1. The van der Waals surface area contributed by atoms with Crippen LogP contribution in [0.3, 0.4) is 0 Å². The van der Waals surface area contributed by atoms with Gasteiger partial charge in [-0.05, 0) is 49.7 Å². The second kappa shape index (κ2) is 5.41. The molecule has 0 saturated heterocycles. The van der Waals surface area contributed by atoms with Crippen LogP contribution in [0.4, 0.5) is 4.39 Å². The van der Waals surface area contributed by atoms with Gasteiger partial charge in [0.25, 0.3) is 0 Å². The van der Waals surface area contributed by atoms with Crippen LogP contribution >= 0.6 is 11.6 Å². The minimum Gasteiger partial charge on any atom is -0.454 e. The van der Waals surface area contributed by atoms with Crippen molar-refractivity contribution in [2.75, 3.05) is 0 Å². The Morgan fingerprint density at radius 1 is 1.16 bits per heavy atom. The largest absolute Gasteiger partial charge is 0.454 e. The van der Waals surface area contributed by atoms with Gasteiger partial charge in [-0.1, -0.05) is 17.7 Å². The van der Waals surface area contributed by atoms with Crippen molar-refractivity contribution in [2.45, 2.75) is 13.8 Å². The van der Waals surface area contributed by atoms with Crippen molar-refractivity contribution in [1.82, 2.24) is 0 Å². The maximum atomic E-state index is 13.8. The van der Waals surface area contributed by atoms with Gasteiger partial charge >= 0.3 is 0 Å². The number of hydrogen-bond acceptors (Lipinski definition) is 2. The summed E-state index contributed by atoms with van der Waals surface area (Å²) in [5, 5.41) is 0.515. The molecule has 2 aromatic carbocycles. The molecule has 98 valence electrons. The lowest BCUT2D eigenvalue weighted by atomic mass is 10.1. The predicted octanol–water partition coefficient (Wildman–Crippen LogP) is 4.78. The number of benzene rings is 2. The predicted molar refractivity (Wildman–Crippen MR) is 72.7 cm³/mol. The molecule has 0 radical (unpaired) electrons. The Balaban J connectivity index is 2.33. The fourth-order valence-electron chi connectivity index (χ4n) is 1.60. The van der Waals surface area contributed by atoms with E-state index in [-0.39, 0.29) is 11.5 Å². The van der Waals surface area contributed by atoms with Crippen LogP contribution in [0.15, 0.2) is 36.4 Å². The van der Waals surface area contributed by atoms with Gasteiger partial charge in [0.05, 0.1) is 0 Å². The number of aryl methyl sites for hydroxylation is 1. The van der Waals surface area contributed by atoms with Crippen molar-refractivity contribution < 1.29 is 13.9 Å². The van der Waals surface area contributed by atoms with Gasteiger partial charge in [0.1, 0.15) is 5.75 Å². The summed E-state index contributed by atoms with van der Waals surface area (Å²) in [5.74, 6) is -0.214. The number of rotatable bonds is 3. The SMILES string of the molecule is CC(=O)c1ccc(Oc2cc(Cl)ccc2C)c(F)c1. The first-order valence-corrected chi connectivity index (χ1v) is 6.09. The number of ketones is 1. The van der Waals surface area contributed by atoms with Crippen molar-refractivity contribution in [1.29, 1.82) is 0 Å². The van der Waals surface area contributed by atoms with E-state index < -0.39 is 5.82 Å². The molecule has 0 unspecified atom stereocenters. The summed E-state index contributed by atoms with van der Waals surface area (Å²) in [6.45, 7) is 3.23. The molecule has 19 heavy (non-hydrogen) atoms. The third kappa shape index (κ3) is 3.12. The molecule has 0 aliphatic heterocycles. The van der Waals surface area contributed by atoms with Crippen molar-refractivity contribution in [2.24, 2.45) is 0 Å². The van der Waals surface area contributed by atoms with Crippen molar-refractivity contribution in [3.63, 3.8) is 0 Å². The summed E-state index contributed by atoms with van der Waals surface area (Å²) in [7, 11) is 0. The van der Waals surface area contributed by atoms with Crippen molar-refractivity contribution >= 4 is 17.4 Å². The summed E-state index contributed by atoms with van der Waals surface area (Å²) in [6, 6.07) is 9.28. The maximum Gasteiger partial charge on any atom is 0.166 e. The van der Waals surface area contributed by atoms with E-state index in [4.69, 9.17) is 16.3 Å². The Bertz CT molecular complexity index is 638. The van der Waals surface area contributed by atoms with E-state index in [1.807, 2.05) is 6.92 Å². The van der Waals surface area contributed by atoms with Crippen molar-refractivity contribution in [3.8, 4) is 11.5 Å². The molecule has 0 aliphatic carbocycles. The summed E-state index contributed by atoms with van der Waals surface area (Å²) < 4.78 is 19.3. The molecular formula is C15H12ClFO2. The molecule has 4 heteroatoms. The van der Waals surface area contributed by atoms with E-state index in [1.165, 1.54) is 19.1 Å². The number of halogens is 2. The second-order valence-electron chi connectivity index (χ2n) is 4.21. The first kappa shape index (κ1) is 13.6. The Morgan fingerprint density at radius 2 is 1.89 bits per heavy atom. The Hall–Kier alpha value is -1.87. The standard InChI is InChI=1S/C15H12ClFO2/c1-9-3-5-12(16)8-15(9)19-14-6-4-11(10(2)18)7-13(14)17/h3-8H,1-2H3. The molecular weight excluding hydrogens is 267 g/mol. The fourth-order valence-corrected chi connectivity index (χ4v) is 1.77. The highest BCUT2D eigenvalue weighted by atomic mass is 35.5. The average molecular weight is 279 g/mol. The van der Waals surface area contributed by atoms with E-state index in [0.717, 1.165) is 11.6 Å². The van der Waals surface area contributed by atoms with Gasteiger partial charge in [-0.2, -0.15) is 0 Å². The molecule has 2 rings (SSSR count). The Kier molecular flexibility index (Phi) is 3.86. The van der Waals surface area contributed by atoms with Crippen LogP contribution in [0.2, 0.25) is 5.02 Å². The van der Waals surface area contributed by atoms with Gasteiger partial charge in [0.2, 0.25) is 0 Å². The zero-order chi connectivity index (χ0) is 14.0. The molecule has 0 fully saturated rings. The lowest BCUT2D eigenvalue weighted by Gasteiger charge is -2.10. The van der Waals surface area contributed by atoms with Crippen LogP contribution in [-0.4, -0.2) is 5.78 Å². The minimum atomic E-state index is -0.577. The normalized spacial score (nSPS) is 10.3. The highest BCUT2D eigenvalue weighted by Crippen LogP contribution is 2.29. The molecule has 0 heterocycles. The topological polar surface area (TPSA) is 26.3 Å². The van der Waals surface area contributed by atoms with Crippen LogP contribution in [0.25, 0.3) is 0 Å². The summed E-state index contributed by atoms with van der Waals surface area (Å²) in [5.41, 5.74) is 1.16. The van der Waals surface area contributed by atoms with E-state index >= 15 is 0 Å². The third-order valence-corrected chi connectivity index (χ3v) is 2.94. The molecule has 0 amide bonds. The molecule has 2 aromatic rings. The van der Waals surface area contributed by atoms with E-state index in [9.17, 15) is 9.18 Å². The fraction of sp³-hybridized carbons (Fsp3) is 0.133. The number of Topliss-reactive ketones (excluding diaryl/α,β-unsaturated/α-hetero) is 1. The van der Waals surface area contributed by atoms with Crippen LogP contribution < -0.4 is 4.74 Å². The molecule has 0 aromatic heterocycles. The minimum absolute atomic E-state index is 0.0652. The maximum absolute atomic E-state index is 13.8. The first-order valence-electron chi connectivity index (χ1n) is 5.72. The zero-order valence-electron chi connectivity index (χ0n) is 10.5. The molecule has 0 bridgehead atoms. The zero-order valence-corrected chi connectivity index (χ0v) is 11.3. The number of hydrogen-bond donors (Lipinski definition) is 0. The molecule has 0 N–H and O–H groups in total. The van der Waals surface area contributed by atoms with Gasteiger partial charge in [-0.25, -0.2) is 4.39 Å². The van der Waals surface area contributed by atoms with Gasteiger partial charge < -0.3 is 4.74 Å². The lowest BCUT2D eigenvalue weighted by molar-refractivity contribution is 0.101. The molecule has 0 aliphatic rings. The van der Waals surface area contributed by atoms with Crippen LogP contribution in [-0.2, 0) is 0 Å². The third-order valence-electron chi connectivity index (χ3n) is 2.71. The van der Waals surface area contributed by atoms with Gasteiger partial charge in [-0.3, -0.25) is 4.79 Å². The highest BCUT2D eigenvalue weighted by molar-refractivity contribution is 6.30. The summed E-state index contributed by atoms with van der Waals surface area (Å²) in [6.07, 6.45) is 0. The Labute approximate surface area is 115 Å². The van der Waals surface area contributed by atoms with E-state index in [0.29, 0.717) is 16.3 Å². The smallest absolute Gasteiger partial charge is 0.166 e. The van der Waals surface area contributed by atoms with Gasteiger partial charge in [-0.15, -0.1) is 0 Å².